The summed E-state index contributed by atoms with van der Waals surface area (Å²) in [6, 6.07) is 0. The molecule has 0 saturated heterocycles. The maximum Gasteiger partial charge on any atom is 0.171 e. The number of nitrogens with zero attached hydrogens (tertiary/aromatic N) is 1. The van der Waals surface area contributed by atoms with Crippen LogP contribution in [0.5, 0.6) is 0 Å². The number of hydrogen-bond acceptors (Lipinski definition) is 3. The van der Waals surface area contributed by atoms with E-state index in [4.69, 9.17) is 0 Å². The maximum absolute atomic E-state index is 11.9. The lowest BCUT2D eigenvalue weighted by Crippen LogP contribution is -2.13. The van der Waals surface area contributed by atoms with Gasteiger partial charge in [-0.2, -0.15) is 0 Å². The van der Waals surface area contributed by atoms with Crippen molar-refractivity contribution in [2.45, 2.75) is 32.6 Å². The predicted octanol–water partition coefficient (Wildman–Crippen LogP) is 2.83. The number of allylic oxidation sites excluding steroid dienone is 4. The second-order valence-electron chi connectivity index (χ2n) is 4.16. The van der Waals surface area contributed by atoms with Crippen molar-refractivity contribution in [3.8, 4) is 0 Å². The smallest absolute Gasteiger partial charge is 0.171 e. The molecular weight excluding hydrogens is 226 g/mol. The first-order valence-corrected chi connectivity index (χ1v) is 6.28. The van der Waals surface area contributed by atoms with Crippen LogP contribution in [0.25, 0.3) is 0 Å². The lowest BCUT2D eigenvalue weighted by molar-refractivity contribution is -0.122. The van der Waals surface area contributed by atoms with Crippen LogP contribution in [-0.2, 0) is 9.59 Å². The molecule has 0 saturated carbocycles. The van der Waals surface area contributed by atoms with E-state index in [1.54, 1.807) is 6.21 Å². The molecule has 1 aliphatic rings. The normalized spacial score (nSPS) is 15.2. The molecule has 3 heteroatoms. The Morgan fingerprint density at radius 2 is 2.28 bits per heavy atom. The fourth-order valence-electron chi connectivity index (χ4n) is 1.66. The molecule has 0 N–H and O–H groups in total. The molecule has 1 heterocycles. The van der Waals surface area contributed by atoms with Gasteiger partial charge in [-0.3, -0.25) is 14.6 Å². The zero-order valence-electron chi connectivity index (χ0n) is 10.8. The lowest BCUT2D eigenvalue weighted by atomic mass is 10.00. The minimum Gasteiger partial charge on any atom is -0.294 e. The number of carbonyl (C=O) groups is 2. The number of dihydropyridines is 1. The van der Waals surface area contributed by atoms with Crippen LogP contribution in [-0.4, -0.2) is 24.3 Å². The van der Waals surface area contributed by atoms with Crippen LogP contribution < -0.4 is 0 Å². The Morgan fingerprint density at radius 1 is 1.50 bits per heavy atom. The first-order chi connectivity index (χ1) is 8.69. The third-order valence-electron chi connectivity index (χ3n) is 2.69. The molecule has 0 bridgehead atoms. The van der Waals surface area contributed by atoms with E-state index in [0.717, 1.165) is 25.8 Å². The van der Waals surface area contributed by atoms with Crippen molar-refractivity contribution in [2.24, 2.45) is 4.99 Å². The fourth-order valence-corrected chi connectivity index (χ4v) is 1.66. The predicted molar refractivity (Wildman–Crippen MR) is 73.9 cm³/mol. The molecule has 0 unspecified atom stereocenters. The third kappa shape index (κ3) is 4.24. The first-order valence-electron chi connectivity index (χ1n) is 6.28. The van der Waals surface area contributed by atoms with E-state index >= 15 is 0 Å². The van der Waals surface area contributed by atoms with Crippen LogP contribution in [0.15, 0.2) is 40.9 Å². The second-order valence-corrected chi connectivity index (χ2v) is 4.16. The second kappa shape index (κ2) is 7.54. The standard InChI is InChI=1S/C15H19NO2/c1-3-5-7-12(4-2)14(17)10-15(18)13-8-6-9-16-11-13/h4,7-8,11H,2-3,5-6,9-10H2,1H3/b12-7+. The topological polar surface area (TPSA) is 46.5 Å². The van der Waals surface area contributed by atoms with E-state index < -0.39 is 0 Å². The van der Waals surface area contributed by atoms with Crippen molar-refractivity contribution in [1.82, 2.24) is 0 Å². The fraction of sp³-hybridized carbons (Fsp3) is 0.400. The third-order valence-corrected chi connectivity index (χ3v) is 2.69. The summed E-state index contributed by atoms with van der Waals surface area (Å²) in [7, 11) is 0. The molecule has 96 valence electrons. The Balaban J connectivity index is 2.63. The van der Waals surface area contributed by atoms with Crippen molar-refractivity contribution in [1.29, 1.82) is 0 Å². The SMILES string of the molecule is C=C/C(=C\CCC)C(=O)CC(=O)C1=CCCN=C1. The molecule has 0 aromatic heterocycles. The van der Waals surface area contributed by atoms with E-state index in [-0.39, 0.29) is 18.0 Å². The Labute approximate surface area is 108 Å². The molecule has 0 atom stereocenters. The minimum atomic E-state index is -0.164. The molecule has 0 aromatic rings. The average molecular weight is 245 g/mol. The van der Waals surface area contributed by atoms with Gasteiger partial charge in [-0.15, -0.1) is 0 Å². The van der Waals surface area contributed by atoms with Crippen molar-refractivity contribution >= 4 is 17.8 Å². The highest BCUT2D eigenvalue weighted by molar-refractivity contribution is 6.21. The van der Waals surface area contributed by atoms with Gasteiger partial charge in [-0.05, 0) is 12.8 Å². The van der Waals surface area contributed by atoms with Crippen LogP contribution in [0.2, 0.25) is 0 Å². The zero-order valence-corrected chi connectivity index (χ0v) is 10.8. The van der Waals surface area contributed by atoms with E-state index in [1.165, 1.54) is 6.08 Å². The summed E-state index contributed by atoms with van der Waals surface area (Å²) in [5.74, 6) is -0.323. The summed E-state index contributed by atoms with van der Waals surface area (Å²) < 4.78 is 0. The monoisotopic (exact) mass is 245 g/mol. The van der Waals surface area contributed by atoms with Crippen LogP contribution in [0, 0.1) is 0 Å². The highest BCUT2D eigenvalue weighted by Gasteiger charge is 2.15. The summed E-state index contributed by atoms with van der Waals surface area (Å²) in [6.45, 7) is 6.37. The summed E-state index contributed by atoms with van der Waals surface area (Å²) in [5, 5.41) is 0. The summed E-state index contributed by atoms with van der Waals surface area (Å²) in [6.07, 6.45) is 9.22. The van der Waals surface area contributed by atoms with Gasteiger partial charge in [0.05, 0.1) is 6.42 Å². The number of unbranched alkanes of at least 4 members (excludes halogenated alkanes) is 1. The van der Waals surface area contributed by atoms with E-state index in [0.29, 0.717) is 11.1 Å². The Hall–Kier alpha value is -1.77. The van der Waals surface area contributed by atoms with Crippen molar-refractivity contribution in [3.05, 3.63) is 36.0 Å². The number of Topliss-reactive ketones (excluding diaryl/α,β-unsaturated/α-hetero) is 2. The summed E-state index contributed by atoms with van der Waals surface area (Å²) >= 11 is 0. The molecule has 18 heavy (non-hydrogen) atoms. The van der Waals surface area contributed by atoms with Gasteiger partial charge >= 0.3 is 0 Å². The van der Waals surface area contributed by atoms with Crippen LogP contribution in [0.1, 0.15) is 32.6 Å². The zero-order chi connectivity index (χ0) is 13.4. The average Bonchev–Trinajstić information content (AvgIpc) is 2.40. The number of hydrogen-bond donors (Lipinski definition) is 0. The highest BCUT2D eigenvalue weighted by atomic mass is 16.1. The van der Waals surface area contributed by atoms with Gasteiger partial charge in [-0.1, -0.05) is 38.2 Å². The highest BCUT2D eigenvalue weighted by Crippen LogP contribution is 2.10. The summed E-state index contributed by atoms with van der Waals surface area (Å²) in [4.78, 5) is 27.8. The van der Waals surface area contributed by atoms with Crippen LogP contribution in [0.3, 0.4) is 0 Å². The van der Waals surface area contributed by atoms with Crippen molar-refractivity contribution < 1.29 is 9.59 Å². The molecule has 0 fully saturated rings. The molecule has 3 nitrogen and oxygen atoms in total. The molecule has 0 spiro atoms. The van der Waals surface area contributed by atoms with Crippen molar-refractivity contribution in [2.75, 3.05) is 6.54 Å². The van der Waals surface area contributed by atoms with Crippen molar-refractivity contribution in [3.63, 3.8) is 0 Å². The van der Waals surface area contributed by atoms with Crippen LogP contribution >= 0.6 is 0 Å². The lowest BCUT2D eigenvalue weighted by Gasteiger charge is -2.05. The van der Waals surface area contributed by atoms with Gasteiger partial charge < -0.3 is 0 Å². The van der Waals surface area contributed by atoms with Gasteiger partial charge in [0, 0.05) is 23.9 Å². The maximum atomic E-state index is 11.9. The molecule has 0 amide bonds. The van der Waals surface area contributed by atoms with Crippen LogP contribution in [0.4, 0.5) is 0 Å². The van der Waals surface area contributed by atoms with Gasteiger partial charge in [0.25, 0.3) is 0 Å². The molecule has 1 rings (SSSR count). The number of carbonyl (C=O) groups excluding carboxylic acids is 2. The molecule has 1 aliphatic heterocycles. The van der Waals surface area contributed by atoms with Gasteiger partial charge in [-0.25, -0.2) is 0 Å². The van der Waals surface area contributed by atoms with E-state index in [1.807, 2.05) is 19.1 Å². The molecule has 0 radical (unpaired) electrons. The van der Waals surface area contributed by atoms with E-state index in [2.05, 4.69) is 11.6 Å². The van der Waals surface area contributed by atoms with E-state index in [9.17, 15) is 9.59 Å². The number of rotatable bonds is 7. The largest absolute Gasteiger partial charge is 0.294 e. The van der Waals surface area contributed by atoms with Gasteiger partial charge in [0.2, 0.25) is 0 Å². The molecule has 0 aromatic carbocycles. The quantitative estimate of drug-likeness (QED) is 0.393. The van der Waals surface area contributed by atoms with Gasteiger partial charge in [0.1, 0.15) is 0 Å². The Kier molecular flexibility index (Phi) is 5.98. The van der Waals surface area contributed by atoms with Gasteiger partial charge in [0.15, 0.2) is 11.6 Å². The first kappa shape index (κ1) is 14.3. The Bertz CT molecular complexity index is 428. The molecule has 0 aliphatic carbocycles. The Morgan fingerprint density at radius 3 is 2.83 bits per heavy atom. The number of aliphatic imine (C=N–C) groups is 1. The summed E-state index contributed by atoms with van der Waals surface area (Å²) in [5.41, 5.74) is 1.09. The minimum absolute atomic E-state index is 0.0978. The molecular formula is C15H19NO2. The number of ketones is 2.